The van der Waals surface area contributed by atoms with Crippen molar-refractivity contribution in [1.82, 2.24) is 5.32 Å². The van der Waals surface area contributed by atoms with E-state index in [1.807, 2.05) is 12.1 Å². The van der Waals surface area contributed by atoms with Gasteiger partial charge in [0, 0.05) is 18.2 Å². The van der Waals surface area contributed by atoms with E-state index >= 15 is 0 Å². The number of rotatable bonds is 7. The van der Waals surface area contributed by atoms with Crippen molar-refractivity contribution in [2.45, 2.75) is 64.1 Å². The molecule has 0 spiro atoms. The SMILES string of the molecule is COc1cc(CNC2CCCCCCC2)ccc1OCc1ccc(F)cc1Cl.Cl. The predicted molar refractivity (Wildman–Crippen MR) is 119 cm³/mol. The van der Waals surface area contributed by atoms with E-state index in [0.29, 0.717) is 22.6 Å². The molecule has 6 heteroatoms. The minimum Gasteiger partial charge on any atom is -0.493 e. The molecule has 3 rings (SSSR count). The van der Waals surface area contributed by atoms with Gasteiger partial charge in [-0.05, 0) is 42.7 Å². The van der Waals surface area contributed by atoms with Crippen LogP contribution in [0, 0.1) is 5.82 Å². The van der Waals surface area contributed by atoms with E-state index in [4.69, 9.17) is 21.1 Å². The average Bonchev–Trinajstić information content (AvgIpc) is 2.67. The summed E-state index contributed by atoms with van der Waals surface area (Å²) in [4.78, 5) is 0. The molecule has 0 heterocycles. The van der Waals surface area contributed by atoms with Crippen molar-refractivity contribution < 1.29 is 13.9 Å². The Morgan fingerprint density at radius 3 is 2.41 bits per heavy atom. The first-order valence-corrected chi connectivity index (χ1v) is 10.5. The Morgan fingerprint density at radius 2 is 1.72 bits per heavy atom. The molecule has 0 saturated heterocycles. The Labute approximate surface area is 184 Å². The van der Waals surface area contributed by atoms with Crippen LogP contribution in [0.5, 0.6) is 11.5 Å². The number of methoxy groups -OCH3 is 1. The number of hydrogen-bond acceptors (Lipinski definition) is 3. The van der Waals surface area contributed by atoms with Gasteiger partial charge in [0.2, 0.25) is 0 Å². The zero-order valence-corrected chi connectivity index (χ0v) is 18.5. The predicted octanol–water partition coefficient (Wildman–Crippen LogP) is 6.69. The molecule has 29 heavy (non-hydrogen) atoms. The normalized spacial score (nSPS) is 15.1. The molecule has 0 radical (unpaired) electrons. The zero-order chi connectivity index (χ0) is 19.8. The molecular weight excluding hydrogens is 412 g/mol. The second kappa shape index (κ2) is 12.3. The van der Waals surface area contributed by atoms with Gasteiger partial charge in [-0.15, -0.1) is 12.4 Å². The molecule has 0 bridgehead atoms. The van der Waals surface area contributed by atoms with E-state index in [2.05, 4.69) is 11.4 Å². The van der Waals surface area contributed by atoms with Gasteiger partial charge in [-0.3, -0.25) is 0 Å². The molecule has 1 saturated carbocycles. The molecule has 1 fully saturated rings. The van der Waals surface area contributed by atoms with E-state index in [-0.39, 0.29) is 24.8 Å². The molecule has 0 amide bonds. The summed E-state index contributed by atoms with van der Waals surface area (Å²) in [5, 5.41) is 4.06. The summed E-state index contributed by atoms with van der Waals surface area (Å²) in [7, 11) is 1.64. The van der Waals surface area contributed by atoms with Gasteiger partial charge in [-0.2, -0.15) is 0 Å². The topological polar surface area (TPSA) is 30.5 Å². The van der Waals surface area contributed by atoms with Crippen LogP contribution >= 0.6 is 24.0 Å². The third-order valence-corrected chi connectivity index (χ3v) is 5.68. The smallest absolute Gasteiger partial charge is 0.161 e. The van der Waals surface area contributed by atoms with Crippen LogP contribution in [0.25, 0.3) is 0 Å². The van der Waals surface area contributed by atoms with Gasteiger partial charge in [-0.25, -0.2) is 4.39 Å². The van der Waals surface area contributed by atoms with Crippen molar-refractivity contribution in [2.75, 3.05) is 7.11 Å². The minimum absolute atomic E-state index is 0. The highest BCUT2D eigenvalue weighted by atomic mass is 35.5. The van der Waals surface area contributed by atoms with Crippen molar-refractivity contribution in [3.63, 3.8) is 0 Å². The van der Waals surface area contributed by atoms with Crippen molar-refractivity contribution in [2.24, 2.45) is 0 Å². The molecule has 3 nitrogen and oxygen atoms in total. The highest BCUT2D eigenvalue weighted by Gasteiger charge is 2.12. The van der Waals surface area contributed by atoms with Crippen LogP contribution in [0.4, 0.5) is 4.39 Å². The Balaban J connectivity index is 0.00000300. The summed E-state index contributed by atoms with van der Waals surface area (Å²) in [6.07, 6.45) is 9.26. The summed E-state index contributed by atoms with van der Waals surface area (Å²) in [5.41, 5.74) is 1.91. The van der Waals surface area contributed by atoms with Crippen molar-refractivity contribution in [3.8, 4) is 11.5 Å². The van der Waals surface area contributed by atoms with E-state index in [0.717, 1.165) is 12.1 Å². The molecule has 2 aromatic carbocycles. The quantitative estimate of drug-likeness (QED) is 0.518. The van der Waals surface area contributed by atoms with Crippen LogP contribution in [-0.2, 0) is 13.2 Å². The van der Waals surface area contributed by atoms with Gasteiger partial charge >= 0.3 is 0 Å². The lowest BCUT2D eigenvalue weighted by Gasteiger charge is -2.21. The lowest BCUT2D eigenvalue weighted by molar-refractivity contribution is 0.284. The second-order valence-corrected chi connectivity index (χ2v) is 7.84. The molecule has 160 valence electrons. The van der Waals surface area contributed by atoms with Crippen molar-refractivity contribution in [1.29, 1.82) is 0 Å². The molecule has 0 aliphatic heterocycles. The van der Waals surface area contributed by atoms with Crippen LogP contribution in [-0.4, -0.2) is 13.2 Å². The molecular formula is C23H30Cl2FNO2. The Bertz CT molecular complexity index is 765. The Hall–Kier alpha value is -1.49. The lowest BCUT2D eigenvalue weighted by atomic mass is 9.96. The second-order valence-electron chi connectivity index (χ2n) is 7.43. The number of halogens is 3. The first kappa shape index (κ1) is 23.8. The van der Waals surface area contributed by atoms with Gasteiger partial charge in [-0.1, -0.05) is 55.8 Å². The third kappa shape index (κ3) is 7.36. The fraction of sp³-hybridized carbons (Fsp3) is 0.478. The highest BCUT2D eigenvalue weighted by molar-refractivity contribution is 6.31. The summed E-state index contributed by atoms with van der Waals surface area (Å²) in [6.45, 7) is 1.08. The van der Waals surface area contributed by atoms with Gasteiger partial charge in [0.25, 0.3) is 0 Å². The summed E-state index contributed by atoms with van der Waals surface area (Å²) in [5.74, 6) is 0.986. The molecule has 0 aromatic heterocycles. The van der Waals surface area contributed by atoms with Crippen LogP contribution in [0.3, 0.4) is 0 Å². The molecule has 1 aliphatic carbocycles. The molecule has 1 N–H and O–H groups in total. The Morgan fingerprint density at radius 1 is 1.00 bits per heavy atom. The highest BCUT2D eigenvalue weighted by Crippen LogP contribution is 2.30. The average molecular weight is 442 g/mol. The van der Waals surface area contributed by atoms with Gasteiger partial charge in [0.15, 0.2) is 11.5 Å². The maximum atomic E-state index is 13.2. The van der Waals surface area contributed by atoms with Crippen molar-refractivity contribution >= 4 is 24.0 Å². The summed E-state index contributed by atoms with van der Waals surface area (Å²) in [6, 6.07) is 10.9. The van der Waals surface area contributed by atoms with Crippen LogP contribution in [0.1, 0.15) is 56.1 Å². The monoisotopic (exact) mass is 441 g/mol. The van der Waals surface area contributed by atoms with E-state index in [9.17, 15) is 4.39 Å². The number of benzene rings is 2. The maximum absolute atomic E-state index is 13.2. The lowest BCUT2D eigenvalue weighted by Crippen LogP contribution is -2.29. The van der Waals surface area contributed by atoms with Crippen molar-refractivity contribution in [3.05, 3.63) is 58.4 Å². The third-order valence-electron chi connectivity index (χ3n) is 5.33. The standard InChI is InChI=1S/C23H29ClFNO2.ClH/c1-27-23-13-17(15-26-20-7-5-3-2-4-6-8-20)9-12-22(23)28-16-18-10-11-19(25)14-21(18)24;/h9-14,20,26H,2-8,15-16H2,1H3;1H. The van der Waals surface area contributed by atoms with Gasteiger partial charge in [0.05, 0.1) is 12.1 Å². The van der Waals surface area contributed by atoms with Crippen LogP contribution in [0.2, 0.25) is 5.02 Å². The van der Waals surface area contributed by atoms with Gasteiger partial charge < -0.3 is 14.8 Å². The minimum atomic E-state index is -0.354. The first-order valence-electron chi connectivity index (χ1n) is 10.1. The van der Waals surface area contributed by atoms with E-state index in [1.54, 1.807) is 13.2 Å². The maximum Gasteiger partial charge on any atom is 0.161 e. The largest absolute Gasteiger partial charge is 0.493 e. The first-order chi connectivity index (χ1) is 13.7. The van der Waals surface area contributed by atoms with Crippen LogP contribution < -0.4 is 14.8 Å². The molecule has 0 atom stereocenters. The fourth-order valence-corrected chi connectivity index (χ4v) is 3.88. The van der Waals surface area contributed by atoms with Gasteiger partial charge in [0.1, 0.15) is 12.4 Å². The number of hydrogen-bond donors (Lipinski definition) is 1. The molecule has 1 aliphatic rings. The number of ether oxygens (including phenoxy) is 2. The Kier molecular flexibility index (Phi) is 10.1. The molecule has 0 unspecified atom stereocenters. The molecule has 2 aromatic rings. The van der Waals surface area contributed by atoms with E-state index in [1.165, 1.54) is 62.6 Å². The zero-order valence-electron chi connectivity index (χ0n) is 16.9. The number of nitrogens with one attached hydrogen (secondary N) is 1. The van der Waals surface area contributed by atoms with Crippen LogP contribution in [0.15, 0.2) is 36.4 Å². The summed E-state index contributed by atoms with van der Waals surface area (Å²) < 4.78 is 24.5. The van der Waals surface area contributed by atoms with E-state index < -0.39 is 0 Å². The summed E-state index contributed by atoms with van der Waals surface area (Å²) >= 11 is 6.07. The fourth-order valence-electron chi connectivity index (χ4n) is 3.66.